The highest BCUT2D eigenvalue weighted by Crippen LogP contribution is 2.34. The molecular formula is C15H22N2O3. The number of rotatable bonds is 6. The van der Waals surface area contributed by atoms with Crippen LogP contribution in [0.2, 0.25) is 0 Å². The van der Waals surface area contributed by atoms with E-state index in [-0.39, 0.29) is 18.8 Å². The zero-order valence-electron chi connectivity index (χ0n) is 11.7. The van der Waals surface area contributed by atoms with Crippen molar-refractivity contribution in [1.82, 2.24) is 4.90 Å². The third-order valence-corrected chi connectivity index (χ3v) is 3.80. The number of aliphatic hydroxyl groups excluding tert-OH is 2. The molecule has 0 saturated heterocycles. The van der Waals surface area contributed by atoms with E-state index in [0.29, 0.717) is 13.1 Å². The molecule has 5 heteroatoms. The van der Waals surface area contributed by atoms with Gasteiger partial charge in [0.05, 0.1) is 25.7 Å². The molecule has 0 bridgehead atoms. The molecular weight excluding hydrogens is 256 g/mol. The number of hydrogen-bond donors (Lipinski definition) is 3. The van der Waals surface area contributed by atoms with Crippen LogP contribution < -0.4 is 5.73 Å². The van der Waals surface area contributed by atoms with E-state index >= 15 is 0 Å². The van der Waals surface area contributed by atoms with Gasteiger partial charge < -0.3 is 20.4 Å². The summed E-state index contributed by atoms with van der Waals surface area (Å²) in [5, 5.41) is 18.4. The summed E-state index contributed by atoms with van der Waals surface area (Å²) in [7, 11) is 0. The van der Waals surface area contributed by atoms with Gasteiger partial charge in [-0.05, 0) is 19.4 Å². The maximum atomic E-state index is 9.21. The van der Waals surface area contributed by atoms with Crippen LogP contribution in [0.25, 0.3) is 5.57 Å². The highest BCUT2D eigenvalue weighted by Gasteiger charge is 2.32. The topological polar surface area (TPSA) is 82.9 Å². The van der Waals surface area contributed by atoms with Crippen molar-refractivity contribution >= 4 is 5.57 Å². The van der Waals surface area contributed by atoms with Gasteiger partial charge in [0.1, 0.15) is 0 Å². The molecule has 1 heterocycles. The molecule has 1 aliphatic carbocycles. The molecule has 0 amide bonds. The van der Waals surface area contributed by atoms with E-state index in [9.17, 15) is 10.2 Å². The number of nitrogens with two attached hydrogens (primary N) is 1. The Labute approximate surface area is 119 Å². The van der Waals surface area contributed by atoms with Gasteiger partial charge in [0.2, 0.25) is 0 Å². The predicted molar refractivity (Wildman–Crippen MR) is 77.7 cm³/mol. The number of aliphatic hydroxyl groups is 2. The molecule has 1 aromatic heterocycles. The monoisotopic (exact) mass is 278 g/mol. The Morgan fingerprint density at radius 3 is 2.60 bits per heavy atom. The molecule has 4 N–H and O–H groups in total. The molecule has 1 atom stereocenters. The third kappa shape index (κ3) is 2.95. The van der Waals surface area contributed by atoms with Gasteiger partial charge in [-0.15, -0.1) is 0 Å². The lowest BCUT2D eigenvalue weighted by Crippen LogP contribution is -2.48. The largest absolute Gasteiger partial charge is 0.472 e. The second-order valence-electron chi connectivity index (χ2n) is 5.23. The van der Waals surface area contributed by atoms with Crippen molar-refractivity contribution in [1.29, 1.82) is 0 Å². The van der Waals surface area contributed by atoms with Crippen LogP contribution in [0.3, 0.4) is 0 Å². The lowest BCUT2D eigenvalue weighted by atomic mass is 9.84. The van der Waals surface area contributed by atoms with Crippen molar-refractivity contribution in [3.63, 3.8) is 0 Å². The molecule has 5 nitrogen and oxygen atoms in total. The minimum absolute atomic E-state index is 0.0592. The van der Waals surface area contributed by atoms with E-state index in [1.165, 1.54) is 0 Å². The molecule has 0 aromatic carbocycles. The zero-order chi connectivity index (χ0) is 14.6. The van der Waals surface area contributed by atoms with E-state index in [4.69, 9.17) is 10.2 Å². The Morgan fingerprint density at radius 1 is 1.35 bits per heavy atom. The van der Waals surface area contributed by atoms with Gasteiger partial charge in [-0.25, -0.2) is 0 Å². The van der Waals surface area contributed by atoms with Crippen LogP contribution in [0.15, 0.2) is 40.9 Å². The van der Waals surface area contributed by atoms with Crippen molar-refractivity contribution in [3.05, 3.63) is 42.0 Å². The predicted octanol–water partition coefficient (Wildman–Crippen LogP) is 0.955. The summed E-state index contributed by atoms with van der Waals surface area (Å²) >= 11 is 0. The van der Waals surface area contributed by atoms with Gasteiger partial charge in [-0.3, -0.25) is 4.90 Å². The fraction of sp³-hybridized carbons (Fsp3) is 0.467. The van der Waals surface area contributed by atoms with Crippen LogP contribution in [-0.4, -0.2) is 47.0 Å². The van der Waals surface area contributed by atoms with Gasteiger partial charge in [0.25, 0.3) is 0 Å². The van der Waals surface area contributed by atoms with Crippen molar-refractivity contribution in [2.75, 3.05) is 26.3 Å². The van der Waals surface area contributed by atoms with E-state index in [0.717, 1.165) is 23.3 Å². The summed E-state index contributed by atoms with van der Waals surface area (Å²) in [5.41, 5.74) is 8.41. The van der Waals surface area contributed by atoms with E-state index in [2.05, 4.69) is 17.9 Å². The van der Waals surface area contributed by atoms with E-state index < -0.39 is 0 Å². The summed E-state index contributed by atoms with van der Waals surface area (Å²) < 4.78 is 5.12. The third-order valence-electron chi connectivity index (χ3n) is 3.80. The van der Waals surface area contributed by atoms with Crippen molar-refractivity contribution in [2.45, 2.75) is 18.9 Å². The van der Waals surface area contributed by atoms with Gasteiger partial charge in [-0.1, -0.05) is 12.2 Å². The van der Waals surface area contributed by atoms with Crippen LogP contribution in [0.5, 0.6) is 0 Å². The lowest BCUT2D eigenvalue weighted by Gasteiger charge is -2.40. The number of furan rings is 1. The number of allylic oxidation sites excluding steroid dienone is 1. The smallest absolute Gasteiger partial charge is 0.0981 e. The highest BCUT2D eigenvalue weighted by molar-refractivity contribution is 5.79. The van der Waals surface area contributed by atoms with Crippen LogP contribution >= 0.6 is 0 Å². The molecule has 0 saturated carbocycles. The molecule has 1 unspecified atom stereocenters. The zero-order valence-corrected chi connectivity index (χ0v) is 11.7. The summed E-state index contributed by atoms with van der Waals surface area (Å²) in [6.07, 6.45) is 8.12. The van der Waals surface area contributed by atoms with Crippen LogP contribution in [-0.2, 0) is 0 Å². The average molecular weight is 278 g/mol. The molecule has 0 spiro atoms. The molecule has 0 radical (unpaired) electrons. The number of β-amino-alcohol motifs (C(OH)–C–C–N with tert-alkyl or cyclic N) is 2. The first-order valence-electron chi connectivity index (χ1n) is 6.79. The molecule has 1 aromatic rings. The minimum atomic E-state index is -0.277. The lowest BCUT2D eigenvalue weighted by molar-refractivity contribution is 0.0909. The standard InChI is InChI=1S/C15H22N2O3/c1-15(17(5-7-18)6-8-19)4-2-14(16)13(10-15)12-3-9-20-11-12/h2-3,9-11,18-19H,4-8,16H2,1H3. The summed E-state index contributed by atoms with van der Waals surface area (Å²) in [5.74, 6) is 0. The second kappa shape index (κ2) is 6.26. The fourth-order valence-electron chi connectivity index (χ4n) is 2.63. The van der Waals surface area contributed by atoms with E-state index in [1.807, 2.05) is 12.1 Å². The van der Waals surface area contributed by atoms with Crippen LogP contribution in [0, 0.1) is 0 Å². The fourth-order valence-corrected chi connectivity index (χ4v) is 2.63. The molecule has 1 aliphatic rings. The van der Waals surface area contributed by atoms with Crippen LogP contribution in [0.4, 0.5) is 0 Å². The quantitative estimate of drug-likeness (QED) is 0.722. The first kappa shape index (κ1) is 14.8. The Morgan fingerprint density at radius 2 is 2.05 bits per heavy atom. The SMILES string of the molecule is CC1(N(CCO)CCO)C=C(c2ccoc2)C(N)=CC1. The van der Waals surface area contributed by atoms with Crippen molar-refractivity contribution in [3.8, 4) is 0 Å². The molecule has 20 heavy (non-hydrogen) atoms. The Bertz CT molecular complexity index is 487. The van der Waals surface area contributed by atoms with E-state index in [1.54, 1.807) is 12.5 Å². The maximum Gasteiger partial charge on any atom is 0.0981 e. The first-order chi connectivity index (χ1) is 9.60. The van der Waals surface area contributed by atoms with Crippen molar-refractivity contribution < 1.29 is 14.6 Å². The van der Waals surface area contributed by atoms with Gasteiger partial charge in [0, 0.05) is 35.5 Å². The summed E-state index contributed by atoms with van der Waals surface area (Å²) in [6.45, 7) is 3.23. The first-order valence-corrected chi connectivity index (χ1v) is 6.79. The second-order valence-corrected chi connectivity index (χ2v) is 5.23. The summed E-state index contributed by atoms with van der Waals surface area (Å²) in [4.78, 5) is 2.07. The van der Waals surface area contributed by atoms with Gasteiger partial charge in [-0.2, -0.15) is 0 Å². The summed E-state index contributed by atoms with van der Waals surface area (Å²) in [6, 6.07) is 1.88. The number of hydrogen-bond acceptors (Lipinski definition) is 5. The minimum Gasteiger partial charge on any atom is -0.472 e. The normalized spacial score (nSPS) is 22.8. The van der Waals surface area contributed by atoms with Crippen molar-refractivity contribution in [2.24, 2.45) is 5.73 Å². The Hall–Kier alpha value is -1.56. The van der Waals surface area contributed by atoms with Crippen LogP contribution in [0.1, 0.15) is 18.9 Å². The molecule has 2 rings (SSSR count). The molecule has 110 valence electrons. The van der Waals surface area contributed by atoms with Gasteiger partial charge in [0.15, 0.2) is 0 Å². The highest BCUT2D eigenvalue weighted by atomic mass is 16.3. The molecule has 0 aliphatic heterocycles. The average Bonchev–Trinajstić information content (AvgIpc) is 2.95. The van der Waals surface area contributed by atoms with Gasteiger partial charge >= 0.3 is 0 Å². The molecule has 0 fully saturated rings. The Kier molecular flexibility index (Phi) is 4.65. The maximum absolute atomic E-state index is 9.21. The number of nitrogens with zero attached hydrogens (tertiary/aromatic N) is 1. The Balaban J connectivity index is 2.32.